The molecule has 1 aliphatic rings. The molecule has 0 saturated heterocycles. The Morgan fingerprint density at radius 1 is 1.47 bits per heavy atom. The zero-order chi connectivity index (χ0) is 13.9. The zero-order valence-corrected chi connectivity index (χ0v) is 10.7. The van der Waals surface area contributed by atoms with E-state index < -0.39 is 11.6 Å². The molecule has 1 N–H and O–H groups in total. The van der Waals surface area contributed by atoms with Gasteiger partial charge in [0, 0.05) is 6.07 Å². The number of aliphatic carboxylic acids is 1. The maximum Gasteiger partial charge on any atom is 0.307 e. The smallest absolute Gasteiger partial charge is 0.307 e. The number of ether oxygens (including phenoxy) is 2. The second-order valence-electron chi connectivity index (χ2n) is 4.69. The minimum absolute atomic E-state index is 0.0177. The van der Waals surface area contributed by atoms with Gasteiger partial charge < -0.3 is 14.6 Å². The Hall–Kier alpha value is -2.22. The van der Waals surface area contributed by atoms with Gasteiger partial charge in [-0.05, 0) is 31.4 Å². The van der Waals surface area contributed by atoms with E-state index in [2.05, 4.69) is 0 Å². The number of hydrogen-bond acceptors (Lipinski definition) is 4. The minimum atomic E-state index is -0.868. The van der Waals surface area contributed by atoms with Crippen molar-refractivity contribution in [3.63, 3.8) is 0 Å². The first-order chi connectivity index (χ1) is 9.08. The van der Waals surface area contributed by atoms with Crippen LogP contribution >= 0.6 is 0 Å². The summed E-state index contributed by atoms with van der Waals surface area (Å²) in [5.41, 5.74) is -0.155. The van der Waals surface area contributed by atoms with Crippen LogP contribution in [0.4, 0.5) is 0 Å². The molecule has 0 bridgehead atoms. The van der Waals surface area contributed by atoms with Crippen LogP contribution in [0.15, 0.2) is 18.2 Å². The Morgan fingerprint density at radius 3 is 2.68 bits per heavy atom. The number of carboxylic acid groups (broad SMARTS) is 1. The molecular weight excluding hydrogens is 246 g/mol. The summed E-state index contributed by atoms with van der Waals surface area (Å²) < 4.78 is 11.0. The highest BCUT2D eigenvalue weighted by Gasteiger charge is 2.42. The van der Waals surface area contributed by atoms with E-state index in [-0.39, 0.29) is 6.42 Å². The van der Waals surface area contributed by atoms with Crippen molar-refractivity contribution in [2.75, 3.05) is 7.11 Å². The summed E-state index contributed by atoms with van der Waals surface area (Å²) in [5.74, 6) is 0.0745. The largest absolute Gasteiger partial charge is 0.493 e. The van der Waals surface area contributed by atoms with Crippen LogP contribution < -0.4 is 9.47 Å². The van der Waals surface area contributed by atoms with Gasteiger partial charge in [-0.3, -0.25) is 4.79 Å². The number of rotatable bonds is 5. The maximum atomic E-state index is 10.9. The molecule has 0 aliphatic heterocycles. The highest BCUT2D eigenvalue weighted by molar-refractivity contribution is 5.68. The van der Waals surface area contributed by atoms with Crippen LogP contribution in [-0.2, 0) is 4.79 Å². The van der Waals surface area contributed by atoms with Gasteiger partial charge >= 0.3 is 5.97 Å². The summed E-state index contributed by atoms with van der Waals surface area (Å²) in [6, 6.07) is 6.89. The van der Waals surface area contributed by atoms with Gasteiger partial charge in [0.15, 0.2) is 11.5 Å². The summed E-state index contributed by atoms with van der Waals surface area (Å²) in [4.78, 5) is 10.9. The third kappa shape index (κ3) is 2.79. The van der Waals surface area contributed by atoms with Crippen molar-refractivity contribution in [3.8, 4) is 17.6 Å². The van der Waals surface area contributed by atoms with Gasteiger partial charge in [0.25, 0.3) is 0 Å². The molecule has 0 heterocycles. The third-order valence-electron chi connectivity index (χ3n) is 3.36. The third-order valence-corrected chi connectivity index (χ3v) is 3.36. The lowest BCUT2D eigenvalue weighted by molar-refractivity contribution is -0.144. The Balaban J connectivity index is 2.22. The van der Waals surface area contributed by atoms with Crippen molar-refractivity contribution in [3.05, 3.63) is 23.8 Å². The van der Waals surface area contributed by atoms with Gasteiger partial charge in [-0.15, -0.1) is 0 Å². The topological polar surface area (TPSA) is 79.5 Å². The number of benzene rings is 1. The lowest BCUT2D eigenvalue weighted by Gasteiger charge is -2.41. The number of carboxylic acids is 1. The predicted octanol–water partition coefficient (Wildman–Crippen LogP) is 2.34. The van der Waals surface area contributed by atoms with E-state index in [1.165, 1.54) is 7.11 Å². The molecule has 2 rings (SSSR count). The van der Waals surface area contributed by atoms with Gasteiger partial charge in [0.1, 0.15) is 5.60 Å². The van der Waals surface area contributed by atoms with Crippen molar-refractivity contribution >= 4 is 5.97 Å². The van der Waals surface area contributed by atoms with E-state index in [4.69, 9.17) is 19.8 Å². The van der Waals surface area contributed by atoms with Crippen molar-refractivity contribution in [2.45, 2.75) is 31.3 Å². The molecule has 1 fully saturated rings. The first kappa shape index (κ1) is 13.2. The van der Waals surface area contributed by atoms with E-state index >= 15 is 0 Å². The summed E-state index contributed by atoms with van der Waals surface area (Å²) >= 11 is 0. The van der Waals surface area contributed by atoms with Gasteiger partial charge in [0.2, 0.25) is 0 Å². The van der Waals surface area contributed by atoms with Crippen molar-refractivity contribution in [2.24, 2.45) is 0 Å². The number of carbonyl (C=O) groups is 1. The normalized spacial score (nSPS) is 16.0. The molecular formula is C14H15NO4. The van der Waals surface area contributed by atoms with Crippen LogP contribution in [0.3, 0.4) is 0 Å². The standard InChI is InChI=1S/C14H15NO4/c1-18-12-7-10(9-15)3-4-11(12)19-14(5-2-6-14)8-13(16)17/h3-4,7H,2,5-6,8H2,1H3,(H,16,17). The molecule has 1 aromatic carbocycles. The summed E-state index contributed by atoms with van der Waals surface area (Å²) in [5, 5.41) is 17.8. The van der Waals surface area contributed by atoms with E-state index in [0.29, 0.717) is 17.1 Å². The lowest BCUT2D eigenvalue weighted by Crippen LogP contribution is -2.45. The average molecular weight is 261 g/mol. The average Bonchev–Trinajstić information content (AvgIpc) is 2.36. The van der Waals surface area contributed by atoms with Gasteiger partial charge in [-0.25, -0.2) is 0 Å². The number of hydrogen-bond donors (Lipinski definition) is 1. The monoisotopic (exact) mass is 261 g/mol. The first-order valence-corrected chi connectivity index (χ1v) is 6.07. The van der Waals surface area contributed by atoms with E-state index in [1.807, 2.05) is 6.07 Å². The number of nitriles is 1. The van der Waals surface area contributed by atoms with Gasteiger partial charge in [-0.1, -0.05) is 0 Å². The van der Waals surface area contributed by atoms with Crippen LogP contribution in [0.5, 0.6) is 11.5 Å². The second kappa shape index (κ2) is 5.19. The van der Waals surface area contributed by atoms with Gasteiger partial charge in [-0.2, -0.15) is 5.26 Å². The summed E-state index contributed by atoms with van der Waals surface area (Å²) in [6.07, 6.45) is 2.40. The Morgan fingerprint density at radius 2 is 2.21 bits per heavy atom. The van der Waals surface area contributed by atoms with E-state index in [0.717, 1.165) is 19.3 Å². The molecule has 100 valence electrons. The maximum absolute atomic E-state index is 10.9. The predicted molar refractivity (Wildman–Crippen MR) is 67.2 cm³/mol. The number of methoxy groups -OCH3 is 1. The fraction of sp³-hybridized carbons (Fsp3) is 0.429. The molecule has 0 aromatic heterocycles. The Labute approximate surface area is 111 Å². The van der Waals surface area contributed by atoms with Crippen molar-refractivity contribution in [1.29, 1.82) is 5.26 Å². The van der Waals surface area contributed by atoms with Crippen LogP contribution in [0.25, 0.3) is 0 Å². The molecule has 0 atom stereocenters. The van der Waals surface area contributed by atoms with Crippen molar-refractivity contribution in [1.82, 2.24) is 0 Å². The lowest BCUT2D eigenvalue weighted by atomic mass is 9.77. The second-order valence-corrected chi connectivity index (χ2v) is 4.69. The molecule has 0 amide bonds. The van der Waals surface area contributed by atoms with Crippen LogP contribution in [0.1, 0.15) is 31.2 Å². The highest BCUT2D eigenvalue weighted by Crippen LogP contribution is 2.42. The first-order valence-electron chi connectivity index (χ1n) is 6.07. The molecule has 5 nitrogen and oxygen atoms in total. The molecule has 0 radical (unpaired) electrons. The molecule has 19 heavy (non-hydrogen) atoms. The van der Waals surface area contributed by atoms with Gasteiger partial charge in [0.05, 0.1) is 25.2 Å². The molecule has 1 aromatic rings. The van der Waals surface area contributed by atoms with Crippen molar-refractivity contribution < 1.29 is 19.4 Å². The van der Waals surface area contributed by atoms with Crippen LogP contribution in [0.2, 0.25) is 0 Å². The minimum Gasteiger partial charge on any atom is -0.493 e. The van der Waals surface area contributed by atoms with Crippen LogP contribution in [-0.4, -0.2) is 23.8 Å². The fourth-order valence-corrected chi connectivity index (χ4v) is 2.22. The highest BCUT2D eigenvalue weighted by atomic mass is 16.5. The molecule has 1 aliphatic carbocycles. The van der Waals surface area contributed by atoms with Crippen LogP contribution in [0, 0.1) is 11.3 Å². The summed E-state index contributed by atoms with van der Waals surface area (Å²) in [6.45, 7) is 0. The molecule has 0 unspecified atom stereocenters. The zero-order valence-electron chi connectivity index (χ0n) is 10.7. The van der Waals surface area contributed by atoms with E-state index in [1.54, 1.807) is 18.2 Å². The Kier molecular flexibility index (Phi) is 3.61. The molecule has 5 heteroatoms. The SMILES string of the molecule is COc1cc(C#N)ccc1OC1(CC(=O)O)CCC1. The fourth-order valence-electron chi connectivity index (χ4n) is 2.22. The number of nitrogens with zero attached hydrogens (tertiary/aromatic N) is 1. The molecule has 0 spiro atoms. The molecule has 1 saturated carbocycles. The van der Waals surface area contributed by atoms with E-state index in [9.17, 15) is 4.79 Å². The Bertz CT molecular complexity index is 529. The summed E-state index contributed by atoms with van der Waals surface area (Å²) in [7, 11) is 1.49. The quantitative estimate of drug-likeness (QED) is 0.880.